The van der Waals surface area contributed by atoms with E-state index in [1.807, 2.05) is 0 Å². The summed E-state index contributed by atoms with van der Waals surface area (Å²) in [5, 5.41) is 29.9. The van der Waals surface area contributed by atoms with Crippen LogP contribution in [0.15, 0.2) is 18.2 Å². The second kappa shape index (κ2) is 7.32. The fourth-order valence-corrected chi connectivity index (χ4v) is 3.19. The molecule has 11 heteroatoms. The van der Waals surface area contributed by atoms with Crippen LogP contribution in [-0.2, 0) is 14.2 Å². The second-order valence-corrected chi connectivity index (χ2v) is 6.90. The standard InChI is InChI=1S/C11H15N2O8P/c12-21-10(15)2-1-5-22(19,20)11(16)7-3-4-9(14)8(6-7)13(17)18/h3-4,6,11,14,16H,1-2,5,12H2,(H,19,20)/t11-/m0/s1. The van der Waals surface area contributed by atoms with E-state index in [2.05, 4.69) is 10.7 Å². The first-order valence-electron chi connectivity index (χ1n) is 6.05. The molecule has 0 aliphatic heterocycles. The lowest BCUT2D eigenvalue weighted by molar-refractivity contribution is -0.386. The Labute approximate surface area is 124 Å². The highest BCUT2D eigenvalue weighted by Crippen LogP contribution is 2.55. The van der Waals surface area contributed by atoms with Crippen molar-refractivity contribution in [2.24, 2.45) is 5.90 Å². The van der Waals surface area contributed by atoms with Gasteiger partial charge < -0.3 is 19.9 Å². The van der Waals surface area contributed by atoms with E-state index in [0.29, 0.717) is 0 Å². The lowest BCUT2D eigenvalue weighted by Crippen LogP contribution is -2.11. The molecule has 5 N–H and O–H groups in total. The monoisotopic (exact) mass is 334 g/mol. The Morgan fingerprint density at radius 1 is 1.50 bits per heavy atom. The molecule has 1 rings (SSSR count). The maximum absolute atomic E-state index is 12.0. The topological polar surface area (TPSA) is 173 Å². The predicted molar refractivity (Wildman–Crippen MR) is 73.9 cm³/mol. The van der Waals surface area contributed by atoms with Crippen LogP contribution >= 0.6 is 7.37 Å². The Balaban J connectivity index is 2.87. The quantitative estimate of drug-likeness (QED) is 0.319. The first-order chi connectivity index (χ1) is 10.2. The van der Waals surface area contributed by atoms with Crippen LogP contribution < -0.4 is 5.90 Å². The van der Waals surface area contributed by atoms with Crippen molar-refractivity contribution < 1.29 is 34.2 Å². The number of aliphatic hydroxyl groups is 1. The van der Waals surface area contributed by atoms with Crippen LogP contribution in [0.25, 0.3) is 0 Å². The number of benzene rings is 1. The maximum Gasteiger partial charge on any atom is 0.324 e. The van der Waals surface area contributed by atoms with Gasteiger partial charge in [-0.15, -0.1) is 0 Å². The van der Waals surface area contributed by atoms with Gasteiger partial charge in [0.15, 0.2) is 11.6 Å². The Morgan fingerprint density at radius 2 is 2.14 bits per heavy atom. The Kier molecular flexibility index (Phi) is 6.01. The molecule has 10 nitrogen and oxygen atoms in total. The number of hydrogen-bond acceptors (Lipinski definition) is 8. The number of carbonyl (C=O) groups excluding carboxylic acids is 1. The SMILES string of the molecule is NOC(=O)CCCP(=O)(O)[C@H](O)c1ccc(O)c([N+](=O)[O-])c1. The zero-order valence-electron chi connectivity index (χ0n) is 11.3. The molecule has 0 radical (unpaired) electrons. The number of rotatable bonds is 7. The summed E-state index contributed by atoms with van der Waals surface area (Å²) >= 11 is 0. The molecule has 0 aliphatic rings. The highest BCUT2D eigenvalue weighted by Gasteiger charge is 2.31. The van der Waals surface area contributed by atoms with E-state index in [0.717, 1.165) is 18.2 Å². The number of carbonyl (C=O) groups is 1. The van der Waals surface area contributed by atoms with Gasteiger partial charge in [0, 0.05) is 18.6 Å². The molecule has 22 heavy (non-hydrogen) atoms. The van der Waals surface area contributed by atoms with Gasteiger partial charge in [-0.2, -0.15) is 5.90 Å². The lowest BCUT2D eigenvalue weighted by Gasteiger charge is -2.18. The minimum atomic E-state index is -4.13. The molecule has 0 spiro atoms. The van der Waals surface area contributed by atoms with Crippen molar-refractivity contribution in [1.29, 1.82) is 0 Å². The summed E-state index contributed by atoms with van der Waals surface area (Å²) in [5.74, 6) is 1.35. The van der Waals surface area contributed by atoms with Crippen molar-refractivity contribution in [2.75, 3.05) is 6.16 Å². The van der Waals surface area contributed by atoms with Gasteiger partial charge in [0.1, 0.15) is 0 Å². The summed E-state index contributed by atoms with van der Waals surface area (Å²) in [4.78, 5) is 34.3. The van der Waals surface area contributed by atoms with Crippen molar-refractivity contribution in [1.82, 2.24) is 0 Å². The Morgan fingerprint density at radius 3 is 2.68 bits per heavy atom. The molecule has 0 bridgehead atoms. The van der Waals surface area contributed by atoms with Crippen LogP contribution in [0, 0.1) is 10.1 Å². The van der Waals surface area contributed by atoms with E-state index in [1.165, 1.54) is 0 Å². The number of aliphatic hydroxyl groups excluding tert-OH is 1. The fourth-order valence-electron chi connectivity index (χ4n) is 1.71. The number of nitrogens with zero attached hydrogens (tertiary/aromatic N) is 1. The number of phenols is 1. The molecule has 2 atom stereocenters. The van der Waals surface area contributed by atoms with Gasteiger partial charge in [0.25, 0.3) is 0 Å². The third-order valence-electron chi connectivity index (χ3n) is 2.87. The molecule has 0 saturated carbocycles. The predicted octanol–water partition coefficient (Wildman–Crippen LogP) is 0.759. The lowest BCUT2D eigenvalue weighted by atomic mass is 10.2. The molecule has 0 fully saturated rings. The summed E-state index contributed by atoms with van der Waals surface area (Å²) in [6.45, 7) is 0. The minimum absolute atomic E-state index is 0.0545. The maximum atomic E-state index is 12.0. The average Bonchev–Trinajstić information content (AvgIpc) is 2.46. The highest BCUT2D eigenvalue weighted by molar-refractivity contribution is 7.58. The van der Waals surface area contributed by atoms with Gasteiger partial charge in [-0.3, -0.25) is 19.5 Å². The van der Waals surface area contributed by atoms with Crippen molar-refractivity contribution in [3.05, 3.63) is 33.9 Å². The molecule has 1 aromatic carbocycles. The van der Waals surface area contributed by atoms with Crippen molar-refractivity contribution >= 4 is 19.0 Å². The van der Waals surface area contributed by atoms with Crippen molar-refractivity contribution in [3.63, 3.8) is 0 Å². The third-order valence-corrected chi connectivity index (χ3v) is 4.89. The number of nitro groups is 1. The van der Waals surface area contributed by atoms with Crippen molar-refractivity contribution in [3.8, 4) is 5.75 Å². The zero-order valence-corrected chi connectivity index (χ0v) is 12.2. The van der Waals surface area contributed by atoms with Gasteiger partial charge in [0.2, 0.25) is 7.37 Å². The van der Waals surface area contributed by atoms with E-state index in [4.69, 9.17) is 0 Å². The minimum Gasteiger partial charge on any atom is -0.502 e. The van der Waals surface area contributed by atoms with Crippen LogP contribution in [0.1, 0.15) is 24.3 Å². The molecule has 1 aromatic rings. The van der Waals surface area contributed by atoms with E-state index < -0.39 is 41.7 Å². The third kappa shape index (κ3) is 4.50. The molecular formula is C11H15N2O8P. The Bertz CT molecular complexity index is 620. The molecular weight excluding hydrogens is 319 g/mol. The number of aromatic hydroxyl groups is 1. The number of phenolic OH excluding ortho intramolecular Hbond substituents is 1. The van der Waals surface area contributed by atoms with E-state index in [9.17, 15) is 34.6 Å². The van der Waals surface area contributed by atoms with Crippen LogP contribution in [0.4, 0.5) is 5.69 Å². The molecule has 0 saturated heterocycles. The number of hydrogen-bond donors (Lipinski definition) is 4. The van der Waals surface area contributed by atoms with Crippen LogP contribution in [0.3, 0.4) is 0 Å². The van der Waals surface area contributed by atoms with Crippen molar-refractivity contribution in [2.45, 2.75) is 18.7 Å². The van der Waals surface area contributed by atoms with Crippen LogP contribution in [0.2, 0.25) is 0 Å². The largest absolute Gasteiger partial charge is 0.502 e. The number of nitrogens with two attached hydrogens (primary N) is 1. The van der Waals surface area contributed by atoms with Gasteiger partial charge >= 0.3 is 11.7 Å². The van der Waals surface area contributed by atoms with Crippen LogP contribution in [-0.4, -0.2) is 32.2 Å². The summed E-state index contributed by atoms with van der Waals surface area (Å²) in [5.41, 5.74) is -0.875. The molecule has 1 unspecified atom stereocenters. The van der Waals surface area contributed by atoms with Crippen LogP contribution in [0.5, 0.6) is 5.75 Å². The van der Waals surface area contributed by atoms with Gasteiger partial charge in [0.05, 0.1) is 4.92 Å². The molecule has 122 valence electrons. The van der Waals surface area contributed by atoms with Gasteiger partial charge in [-0.05, 0) is 18.1 Å². The Hall–Kier alpha value is -2.00. The highest BCUT2D eigenvalue weighted by atomic mass is 31.2. The smallest absolute Gasteiger partial charge is 0.324 e. The summed E-state index contributed by atoms with van der Waals surface area (Å²) in [6.07, 6.45) is -0.664. The zero-order chi connectivity index (χ0) is 16.9. The summed E-state index contributed by atoms with van der Waals surface area (Å²) in [7, 11) is -4.13. The summed E-state index contributed by atoms with van der Waals surface area (Å²) < 4.78 is 12.0. The summed E-state index contributed by atoms with van der Waals surface area (Å²) in [6, 6.07) is 2.86. The fraction of sp³-hybridized carbons (Fsp3) is 0.364. The number of nitro benzene ring substituents is 1. The van der Waals surface area contributed by atoms with Gasteiger partial charge in [-0.1, -0.05) is 6.07 Å². The molecule has 0 amide bonds. The first-order valence-corrected chi connectivity index (χ1v) is 7.97. The van der Waals surface area contributed by atoms with E-state index in [-0.39, 0.29) is 18.4 Å². The molecule has 0 aromatic heterocycles. The average molecular weight is 334 g/mol. The second-order valence-electron chi connectivity index (χ2n) is 4.45. The van der Waals surface area contributed by atoms with E-state index in [1.54, 1.807) is 0 Å². The molecule has 0 heterocycles. The van der Waals surface area contributed by atoms with Gasteiger partial charge in [-0.25, -0.2) is 0 Å². The first kappa shape index (κ1) is 18.1. The molecule has 0 aliphatic carbocycles. The van der Waals surface area contributed by atoms with E-state index >= 15 is 0 Å². The normalized spacial score (nSPS) is 14.9.